The van der Waals surface area contributed by atoms with Gasteiger partial charge in [0, 0.05) is 18.3 Å². The first-order chi connectivity index (χ1) is 14.3. The first-order valence-electron chi connectivity index (χ1n) is 10.0. The predicted molar refractivity (Wildman–Crippen MR) is 112 cm³/mol. The topological polar surface area (TPSA) is 59.4 Å². The van der Waals surface area contributed by atoms with E-state index in [0.29, 0.717) is 12.1 Å². The number of hydrogen-bond acceptors (Lipinski definition) is 4. The number of methoxy groups -OCH3 is 1. The molecule has 1 atom stereocenters. The maximum atomic E-state index is 12.8. The smallest absolute Gasteiger partial charge is 0.254 e. The molecule has 3 aromatic rings. The van der Waals surface area contributed by atoms with Gasteiger partial charge in [-0.15, -0.1) is 0 Å². The fourth-order valence-corrected chi connectivity index (χ4v) is 3.88. The summed E-state index contributed by atoms with van der Waals surface area (Å²) >= 11 is 0. The summed E-state index contributed by atoms with van der Waals surface area (Å²) in [5.41, 5.74) is 2.58. The van der Waals surface area contributed by atoms with Gasteiger partial charge in [0.15, 0.2) is 0 Å². The van der Waals surface area contributed by atoms with Gasteiger partial charge in [-0.3, -0.25) is 9.69 Å². The lowest BCUT2D eigenvalue weighted by molar-refractivity contribution is 0.0937. The lowest BCUT2D eigenvalue weighted by Gasteiger charge is -2.29. The van der Waals surface area contributed by atoms with Crippen LogP contribution >= 0.6 is 0 Å². The Balaban J connectivity index is 1.49. The quantitative estimate of drug-likeness (QED) is 0.671. The number of ether oxygens (including phenoxy) is 1. The van der Waals surface area contributed by atoms with Gasteiger partial charge in [-0.05, 0) is 44.1 Å². The summed E-state index contributed by atoms with van der Waals surface area (Å²) in [6.45, 7) is 2.59. The molecule has 29 heavy (non-hydrogen) atoms. The van der Waals surface area contributed by atoms with Crippen LogP contribution in [0.3, 0.4) is 0 Å². The van der Waals surface area contributed by atoms with Gasteiger partial charge in [-0.2, -0.15) is 5.10 Å². The van der Waals surface area contributed by atoms with Gasteiger partial charge in [0.2, 0.25) is 0 Å². The normalized spacial score (nSPS) is 15.2. The van der Waals surface area contributed by atoms with Gasteiger partial charge in [-0.25, -0.2) is 4.68 Å². The molecule has 1 amide bonds. The van der Waals surface area contributed by atoms with Crippen LogP contribution in [0, 0.1) is 0 Å². The number of benzene rings is 2. The second kappa shape index (κ2) is 8.92. The SMILES string of the molecule is COc1ccccc1C(CNC(=O)c1cnn(-c2ccccc2)c1)N1CCCC1. The minimum Gasteiger partial charge on any atom is -0.496 e. The number of para-hydroxylation sites is 2. The lowest BCUT2D eigenvalue weighted by atomic mass is 10.0. The molecule has 6 heteroatoms. The summed E-state index contributed by atoms with van der Waals surface area (Å²) in [5, 5.41) is 7.42. The summed E-state index contributed by atoms with van der Waals surface area (Å²) in [7, 11) is 1.69. The van der Waals surface area contributed by atoms with Crippen molar-refractivity contribution in [3.63, 3.8) is 0 Å². The first-order valence-corrected chi connectivity index (χ1v) is 10.0. The monoisotopic (exact) mass is 390 g/mol. The highest BCUT2D eigenvalue weighted by Gasteiger charge is 2.26. The first kappa shape index (κ1) is 19.2. The van der Waals surface area contributed by atoms with Crippen molar-refractivity contribution in [2.45, 2.75) is 18.9 Å². The van der Waals surface area contributed by atoms with E-state index in [4.69, 9.17) is 4.74 Å². The van der Waals surface area contributed by atoms with E-state index < -0.39 is 0 Å². The largest absolute Gasteiger partial charge is 0.496 e. The molecule has 1 unspecified atom stereocenters. The van der Waals surface area contributed by atoms with E-state index in [-0.39, 0.29) is 11.9 Å². The molecule has 0 saturated carbocycles. The molecule has 1 aromatic heterocycles. The standard InChI is InChI=1S/C23H26N4O2/c1-29-22-12-6-5-11-20(22)21(26-13-7-8-14-26)16-24-23(28)18-15-25-27(17-18)19-9-3-2-4-10-19/h2-6,9-12,15,17,21H,7-8,13-14,16H2,1H3,(H,24,28). The summed E-state index contributed by atoms with van der Waals surface area (Å²) in [4.78, 5) is 15.2. The third kappa shape index (κ3) is 4.32. The summed E-state index contributed by atoms with van der Waals surface area (Å²) < 4.78 is 7.29. The van der Waals surface area contributed by atoms with E-state index in [0.717, 1.165) is 30.1 Å². The number of nitrogens with one attached hydrogen (secondary N) is 1. The van der Waals surface area contributed by atoms with Crippen LogP contribution in [-0.2, 0) is 0 Å². The van der Waals surface area contributed by atoms with Gasteiger partial charge in [0.1, 0.15) is 5.75 Å². The summed E-state index contributed by atoms with van der Waals surface area (Å²) in [6.07, 6.45) is 5.74. The Hall–Kier alpha value is -3.12. The fraction of sp³-hybridized carbons (Fsp3) is 0.304. The van der Waals surface area contributed by atoms with Crippen molar-refractivity contribution in [3.05, 3.63) is 78.1 Å². The van der Waals surface area contributed by atoms with Gasteiger partial charge in [-0.1, -0.05) is 36.4 Å². The van der Waals surface area contributed by atoms with Gasteiger partial charge in [0.05, 0.1) is 30.6 Å². The molecule has 0 bridgehead atoms. The van der Waals surface area contributed by atoms with E-state index in [9.17, 15) is 4.79 Å². The van der Waals surface area contributed by atoms with Crippen molar-refractivity contribution in [2.75, 3.05) is 26.7 Å². The van der Waals surface area contributed by atoms with E-state index >= 15 is 0 Å². The van der Waals surface area contributed by atoms with Crippen LogP contribution in [0.25, 0.3) is 5.69 Å². The number of amides is 1. The van der Waals surface area contributed by atoms with E-state index in [2.05, 4.69) is 21.4 Å². The minimum absolute atomic E-state index is 0.0850. The zero-order chi connectivity index (χ0) is 20.1. The van der Waals surface area contributed by atoms with Gasteiger partial charge >= 0.3 is 0 Å². The number of carbonyl (C=O) groups excluding carboxylic acids is 1. The number of aromatic nitrogens is 2. The van der Waals surface area contributed by atoms with Crippen LogP contribution < -0.4 is 10.1 Å². The van der Waals surface area contributed by atoms with Crippen molar-refractivity contribution >= 4 is 5.91 Å². The number of carbonyl (C=O) groups is 1. The highest BCUT2D eigenvalue weighted by Crippen LogP contribution is 2.31. The highest BCUT2D eigenvalue weighted by molar-refractivity contribution is 5.93. The molecule has 1 aliphatic rings. The summed E-state index contributed by atoms with van der Waals surface area (Å²) in [6, 6.07) is 17.9. The lowest BCUT2D eigenvalue weighted by Crippen LogP contribution is -2.37. The van der Waals surface area contributed by atoms with E-state index in [1.165, 1.54) is 12.8 Å². The van der Waals surface area contributed by atoms with Crippen molar-refractivity contribution in [1.29, 1.82) is 0 Å². The third-order valence-electron chi connectivity index (χ3n) is 5.40. The number of rotatable bonds is 7. The Morgan fingerprint density at radius 2 is 1.83 bits per heavy atom. The van der Waals surface area contributed by atoms with Crippen LogP contribution in [0.4, 0.5) is 0 Å². The zero-order valence-corrected chi connectivity index (χ0v) is 16.6. The van der Waals surface area contributed by atoms with Crippen LogP contribution in [-0.4, -0.2) is 47.3 Å². The van der Waals surface area contributed by atoms with E-state index in [1.54, 1.807) is 24.2 Å². The average molecular weight is 390 g/mol. The highest BCUT2D eigenvalue weighted by atomic mass is 16.5. The molecule has 150 valence electrons. The van der Waals surface area contributed by atoms with Crippen LogP contribution in [0.15, 0.2) is 67.0 Å². The minimum atomic E-state index is -0.119. The second-order valence-corrected chi connectivity index (χ2v) is 7.22. The Bertz CT molecular complexity index is 948. The molecule has 1 aliphatic heterocycles. The number of likely N-dealkylation sites (tertiary alicyclic amines) is 1. The molecular weight excluding hydrogens is 364 g/mol. The van der Waals surface area contributed by atoms with Crippen LogP contribution in [0.1, 0.15) is 34.8 Å². The van der Waals surface area contributed by atoms with Crippen molar-refractivity contribution in [2.24, 2.45) is 0 Å². The van der Waals surface area contributed by atoms with Gasteiger partial charge in [0.25, 0.3) is 5.91 Å². The molecule has 0 spiro atoms. The van der Waals surface area contributed by atoms with Crippen molar-refractivity contribution < 1.29 is 9.53 Å². The van der Waals surface area contributed by atoms with Gasteiger partial charge < -0.3 is 10.1 Å². The molecule has 0 aliphatic carbocycles. The molecule has 1 saturated heterocycles. The molecule has 1 fully saturated rings. The summed E-state index contributed by atoms with van der Waals surface area (Å²) in [5.74, 6) is 0.738. The van der Waals surface area contributed by atoms with Crippen molar-refractivity contribution in [1.82, 2.24) is 20.0 Å². The average Bonchev–Trinajstić information content (AvgIpc) is 3.47. The Morgan fingerprint density at radius 3 is 2.59 bits per heavy atom. The maximum absolute atomic E-state index is 12.8. The number of nitrogens with zero attached hydrogens (tertiary/aromatic N) is 3. The molecule has 2 heterocycles. The van der Waals surface area contributed by atoms with Crippen molar-refractivity contribution in [3.8, 4) is 11.4 Å². The van der Waals surface area contributed by atoms with E-state index in [1.807, 2.05) is 48.5 Å². The predicted octanol–water partition coefficient (Wildman–Crippen LogP) is 3.45. The molecule has 6 nitrogen and oxygen atoms in total. The molecule has 4 rings (SSSR count). The fourth-order valence-electron chi connectivity index (χ4n) is 3.88. The molecular formula is C23H26N4O2. The van der Waals surface area contributed by atoms with Crippen LogP contribution in [0.2, 0.25) is 0 Å². The Labute approximate surface area is 171 Å². The Morgan fingerprint density at radius 1 is 1.10 bits per heavy atom. The Kier molecular flexibility index (Phi) is 5.91. The third-order valence-corrected chi connectivity index (χ3v) is 5.40. The molecule has 1 N–H and O–H groups in total. The molecule has 0 radical (unpaired) electrons. The maximum Gasteiger partial charge on any atom is 0.254 e. The number of hydrogen-bond donors (Lipinski definition) is 1. The second-order valence-electron chi connectivity index (χ2n) is 7.22. The molecule has 2 aromatic carbocycles. The zero-order valence-electron chi connectivity index (χ0n) is 16.6. The van der Waals surface area contributed by atoms with Crippen LogP contribution in [0.5, 0.6) is 5.75 Å².